The Morgan fingerprint density at radius 3 is 2.56 bits per heavy atom. The number of phenolic OH excluding ortho intramolecular Hbond substituents is 1. The van der Waals surface area contributed by atoms with Crippen molar-refractivity contribution in [2.45, 2.75) is 6.54 Å². The van der Waals surface area contributed by atoms with Crippen LogP contribution in [0.3, 0.4) is 0 Å². The minimum Gasteiger partial charge on any atom is -0.507 e. The molecule has 0 amide bonds. The molecule has 2 aromatic carbocycles. The molecule has 4 rings (SSSR count). The van der Waals surface area contributed by atoms with Crippen LogP contribution in [0.25, 0.3) is 22.1 Å². The molecule has 3 aromatic rings. The Morgan fingerprint density at radius 2 is 1.80 bits per heavy atom. The zero-order valence-electron chi connectivity index (χ0n) is 13.8. The average molecular weight is 338 g/mol. The van der Waals surface area contributed by atoms with Crippen molar-refractivity contribution in [1.29, 1.82) is 0 Å². The van der Waals surface area contributed by atoms with Gasteiger partial charge in [-0.25, -0.2) is 4.79 Å². The molecule has 0 saturated carbocycles. The maximum absolute atomic E-state index is 12.0. The molecule has 0 unspecified atom stereocenters. The number of hydrogen-bond donors (Lipinski definition) is 2. The van der Waals surface area contributed by atoms with Crippen molar-refractivity contribution in [2.24, 2.45) is 0 Å². The minimum absolute atomic E-state index is 0.186. The first kappa shape index (κ1) is 15.9. The average Bonchev–Trinajstić information content (AvgIpc) is 2.63. The lowest BCUT2D eigenvalue weighted by atomic mass is 10.0. The van der Waals surface area contributed by atoms with Gasteiger partial charge >= 0.3 is 5.63 Å². The summed E-state index contributed by atoms with van der Waals surface area (Å²) in [6.45, 7) is 4.01. The fourth-order valence-electron chi connectivity index (χ4n) is 3.36. The smallest absolute Gasteiger partial charge is 0.336 e. The predicted molar refractivity (Wildman–Crippen MR) is 94.8 cm³/mol. The molecular formula is C20H20NO4+. The van der Waals surface area contributed by atoms with Crippen molar-refractivity contribution >= 4 is 11.0 Å². The molecule has 2 N–H and O–H groups in total. The van der Waals surface area contributed by atoms with Gasteiger partial charge in [-0.3, -0.25) is 0 Å². The molecule has 0 bridgehead atoms. The Hall–Kier alpha value is -2.63. The summed E-state index contributed by atoms with van der Waals surface area (Å²) in [5, 5.41) is 11.3. The van der Waals surface area contributed by atoms with Crippen LogP contribution in [0.4, 0.5) is 0 Å². The largest absolute Gasteiger partial charge is 0.507 e. The summed E-state index contributed by atoms with van der Waals surface area (Å²) in [4.78, 5) is 13.4. The second-order valence-electron chi connectivity index (χ2n) is 6.36. The number of benzene rings is 2. The highest BCUT2D eigenvalue weighted by molar-refractivity contribution is 5.88. The number of quaternary nitrogens is 1. The van der Waals surface area contributed by atoms with E-state index in [-0.39, 0.29) is 11.4 Å². The van der Waals surface area contributed by atoms with Gasteiger partial charge in [0.1, 0.15) is 31.0 Å². The Kier molecular flexibility index (Phi) is 4.26. The Balaban J connectivity index is 1.80. The van der Waals surface area contributed by atoms with E-state index in [1.807, 2.05) is 30.3 Å². The van der Waals surface area contributed by atoms with Crippen molar-refractivity contribution in [1.82, 2.24) is 0 Å². The zero-order chi connectivity index (χ0) is 17.2. The molecule has 1 saturated heterocycles. The summed E-state index contributed by atoms with van der Waals surface area (Å²) in [6, 6.07) is 14.6. The van der Waals surface area contributed by atoms with E-state index in [4.69, 9.17) is 9.15 Å². The summed E-state index contributed by atoms with van der Waals surface area (Å²) in [6.07, 6.45) is 0. The predicted octanol–water partition coefficient (Wildman–Crippen LogP) is 1.58. The standard InChI is InChI=1S/C20H19NO4/c22-18-11-17-15(13-21-6-8-24-9-7-21)10-20(23)25-19(17)12-16(18)14-4-2-1-3-5-14/h1-5,10-12,22H,6-9,13H2/p+1. The van der Waals surface area contributed by atoms with Gasteiger partial charge in [-0.2, -0.15) is 0 Å². The highest BCUT2D eigenvalue weighted by Crippen LogP contribution is 2.33. The molecule has 0 atom stereocenters. The highest BCUT2D eigenvalue weighted by atomic mass is 16.5. The summed E-state index contributed by atoms with van der Waals surface area (Å²) >= 11 is 0. The molecule has 1 aliphatic heterocycles. The molecule has 5 nitrogen and oxygen atoms in total. The third kappa shape index (κ3) is 3.29. The first-order chi connectivity index (χ1) is 12.2. The molecule has 1 aromatic heterocycles. The molecule has 2 heterocycles. The maximum Gasteiger partial charge on any atom is 0.336 e. The SMILES string of the molecule is O=c1cc(C[NH+]2CCOCC2)c2cc(O)c(-c3ccccc3)cc2o1. The van der Waals surface area contributed by atoms with Crippen LogP contribution >= 0.6 is 0 Å². The zero-order valence-corrected chi connectivity index (χ0v) is 13.8. The van der Waals surface area contributed by atoms with Crippen LogP contribution in [0.2, 0.25) is 0 Å². The van der Waals surface area contributed by atoms with Gasteiger partial charge in [0.05, 0.1) is 13.2 Å². The Bertz CT molecular complexity index is 943. The van der Waals surface area contributed by atoms with E-state index >= 15 is 0 Å². The van der Waals surface area contributed by atoms with E-state index in [9.17, 15) is 9.90 Å². The van der Waals surface area contributed by atoms with E-state index < -0.39 is 0 Å². The maximum atomic E-state index is 12.0. The van der Waals surface area contributed by atoms with Crippen LogP contribution in [-0.4, -0.2) is 31.4 Å². The number of nitrogens with one attached hydrogen (secondary N) is 1. The molecule has 0 radical (unpaired) electrons. The Labute approximate surface area is 145 Å². The number of rotatable bonds is 3. The van der Waals surface area contributed by atoms with E-state index in [0.717, 1.165) is 49.4 Å². The van der Waals surface area contributed by atoms with Gasteiger partial charge in [0.15, 0.2) is 0 Å². The third-order valence-corrected chi connectivity index (χ3v) is 4.67. The summed E-state index contributed by atoms with van der Waals surface area (Å²) in [5.74, 6) is 0.186. The molecular weight excluding hydrogens is 318 g/mol. The number of ether oxygens (including phenoxy) is 1. The van der Waals surface area contributed by atoms with E-state index in [1.54, 1.807) is 12.1 Å². The molecule has 25 heavy (non-hydrogen) atoms. The molecule has 0 aliphatic carbocycles. The van der Waals surface area contributed by atoms with Crippen LogP contribution < -0.4 is 10.5 Å². The first-order valence-electron chi connectivity index (χ1n) is 8.47. The molecule has 1 aliphatic rings. The quantitative estimate of drug-likeness (QED) is 0.712. The van der Waals surface area contributed by atoms with Gasteiger partial charge in [-0.1, -0.05) is 30.3 Å². The lowest BCUT2D eigenvalue weighted by Crippen LogP contribution is -3.12. The van der Waals surface area contributed by atoms with Gasteiger partial charge in [-0.15, -0.1) is 0 Å². The van der Waals surface area contributed by atoms with Crippen LogP contribution in [0.15, 0.2) is 57.7 Å². The topological polar surface area (TPSA) is 64.1 Å². The second-order valence-corrected chi connectivity index (χ2v) is 6.36. The van der Waals surface area contributed by atoms with E-state index in [1.165, 1.54) is 11.0 Å². The highest BCUT2D eigenvalue weighted by Gasteiger charge is 2.18. The van der Waals surface area contributed by atoms with Gasteiger partial charge in [0.25, 0.3) is 0 Å². The van der Waals surface area contributed by atoms with Crippen LogP contribution in [0, 0.1) is 0 Å². The van der Waals surface area contributed by atoms with Gasteiger partial charge < -0.3 is 19.2 Å². The lowest BCUT2D eigenvalue weighted by molar-refractivity contribution is -0.921. The Morgan fingerprint density at radius 1 is 1.04 bits per heavy atom. The fraction of sp³-hybridized carbons (Fsp3) is 0.250. The number of phenols is 1. The molecule has 128 valence electrons. The summed E-state index contributed by atoms with van der Waals surface area (Å²) < 4.78 is 10.8. The van der Waals surface area contributed by atoms with Crippen molar-refractivity contribution in [2.75, 3.05) is 26.3 Å². The number of morpholine rings is 1. The first-order valence-corrected chi connectivity index (χ1v) is 8.47. The molecule has 1 fully saturated rings. The third-order valence-electron chi connectivity index (χ3n) is 4.67. The number of hydrogen-bond acceptors (Lipinski definition) is 4. The molecule has 0 spiro atoms. The normalized spacial score (nSPS) is 15.5. The van der Waals surface area contributed by atoms with Crippen molar-refractivity contribution in [3.05, 3.63) is 64.5 Å². The van der Waals surface area contributed by atoms with Crippen molar-refractivity contribution < 1.29 is 19.2 Å². The molecule has 5 heteroatoms. The van der Waals surface area contributed by atoms with Crippen LogP contribution in [0.1, 0.15) is 5.56 Å². The van der Waals surface area contributed by atoms with Gasteiger partial charge in [0, 0.05) is 22.6 Å². The summed E-state index contributed by atoms with van der Waals surface area (Å²) in [5.41, 5.74) is 2.59. The van der Waals surface area contributed by atoms with Gasteiger partial charge in [0.2, 0.25) is 0 Å². The number of fused-ring (bicyclic) bond motifs is 1. The van der Waals surface area contributed by atoms with E-state index in [0.29, 0.717) is 11.1 Å². The fourth-order valence-corrected chi connectivity index (χ4v) is 3.36. The summed E-state index contributed by atoms with van der Waals surface area (Å²) in [7, 11) is 0. The minimum atomic E-state index is -0.361. The van der Waals surface area contributed by atoms with Crippen molar-refractivity contribution in [3.8, 4) is 16.9 Å². The van der Waals surface area contributed by atoms with Crippen molar-refractivity contribution in [3.63, 3.8) is 0 Å². The second kappa shape index (κ2) is 6.70. The lowest BCUT2D eigenvalue weighted by Gasteiger charge is -2.24. The van der Waals surface area contributed by atoms with Crippen LogP contribution in [-0.2, 0) is 11.3 Å². The van der Waals surface area contributed by atoms with Gasteiger partial charge in [-0.05, 0) is 17.7 Å². The van der Waals surface area contributed by atoms with E-state index in [2.05, 4.69) is 0 Å². The number of aromatic hydroxyl groups is 1. The monoisotopic (exact) mass is 338 g/mol. The van der Waals surface area contributed by atoms with Crippen LogP contribution in [0.5, 0.6) is 5.75 Å².